The lowest BCUT2D eigenvalue weighted by Crippen LogP contribution is -2.52. The van der Waals surface area contributed by atoms with E-state index in [1.165, 1.54) is 18.5 Å². The maximum atomic E-state index is 14.5. The van der Waals surface area contributed by atoms with E-state index in [4.69, 9.17) is 16.6 Å². The second-order valence-corrected chi connectivity index (χ2v) is 9.43. The molecule has 186 valence electrons. The molecule has 1 saturated heterocycles. The first-order chi connectivity index (χ1) is 17.5. The SMILES string of the molecule is CC(=O)CC1CN(CCNc2cnc3ccc(-c4[nH]cnc4-c4cc(Cl)ccc4F)nc3c2)CCN1. The molecule has 0 radical (unpaired) electrons. The molecular weight excluding hydrogens is 481 g/mol. The molecule has 8 nitrogen and oxygen atoms in total. The molecule has 4 heterocycles. The van der Waals surface area contributed by atoms with Crippen LogP contribution in [0.4, 0.5) is 10.1 Å². The van der Waals surface area contributed by atoms with Crippen LogP contribution in [-0.4, -0.2) is 69.4 Å². The molecule has 10 heteroatoms. The van der Waals surface area contributed by atoms with Crippen LogP contribution in [0.3, 0.4) is 0 Å². The first-order valence-electron chi connectivity index (χ1n) is 11.9. The summed E-state index contributed by atoms with van der Waals surface area (Å²) in [5.41, 5.74) is 4.34. The van der Waals surface area contributed by atoms with E-state index in [-0.39, 0.29) is 11.8 Å². The first kappa shape index (κ1) is 24.3. The summed E-state index contributed by atoms with van der Waals surface area (Å²) in [4.78, 5) is 30.5. The van der Waals surface area contributed by atoms with Crippen molar-refractivity contribution in [3.63, 3.8) is 0 Å². The van der Waals surface area contributed by atoms with Crippen molar-refractivity contribution in [1.82, 2.24) is 30.2 Å². The maximum Gasteiger partial charge on any atom is 0.132 e. The van der Waals surface area contributed by atoms with E-state index in [1.54, 1.807) is 19.2 Å². The lowest BCUT2D eigenvalue weighted by molar-refractivity contribution is -0.117. The largest absolute Gasteiger partial charge is 0.382 e. The number of fused-ring (bicyclic) bond motifs is 1. The molecule has 0 saturated carbocycles. The van der Waals surface area contributed by atoms with Crippen molar-refractivity contribution in [2.75, 3.05) is 38.0 Å². The van der Waals surface area contributed by atoms with E-state index in [0.29, 0.717) is 39.6 Å². The van der Waals surface area contributed by atoms with Crippen LogP contribution < -0.4 is 10.6 Å². The van der Waals surface area contributed by atoms with Gasteiger partial charge in [0, 0.05) is 55.8 Å². The molecule has 4 aromatic rings. The maximum absolute atomic E-state index is 14.5. The molecule has 1 aliphatic heterocycles. The Kier molecular flexibility index (Phi) is 7.22. The molecule has 0 aliphatic carbocycles. The highest BCUT2D eigenvalue weighted by molar-refractivity contribution is 6.30. The van der Waals surface area contributed by atoms with Gasteiger partial charge in [-0.2, -0.15) is 0 Å². The molecule has 3 aromatic heterocycles. The van der Waals surface area contributed by atoms with Gasteiger partial charge in [-0.05, 0) is 43.3 Å². The van der Waals surface area contributed by atoms with E-state index in [0.717, 1.165) is 43.9 Å². The fourth-order valence-corrected chi connectivity index (χ4v) is 4.73. The number of benzene rings is 1. The molecule has 1 fully saturated rings. The highest BCUT2D eigenvalue weighted by Gasteiger charge is 2.20. The van der Waals surface area contributed by atoms with Gasteiger partial charge in [-0.15, -0.1) is 0 Å². The normalized spacial score (nSPS) is 16.4. The predicted octanol–water partition coefficient (Wildman–Crippen LogP) is 4.14. The minimum atomic E-state index is -0.404. The molecular formula is C26H27ClFN7O. The Morgan fingerprint density at radius 1 is 1.22 bits per heavy atom. The number of nitrogens with one attached hydrogen (secondary N) is 3. The van der Waals surface area contributed by atoms with Crippen LogP contribution in [0.2, 0.25) is 5.02 Å². The van der Waals surface area contributed by atoms with Crippen LogP contribution in [0.25, 0.3) is 33.7 Å². The fraction of sp³-hybridized carbons (Fsp3) is 0.308. The van der Waals surface area contributed by atoms with Gasteiger partial charge in [0.15, 0.2) is 0 Å². The highest BCUT2D eigenvalue weighted by Crippen LogP contribution is 2.32. The third-order valence-corrected chi connectivity index (χ3v) is 6.48. The van der Waals surface area contributed by atoms with E-state index in [2.05, 4.69) is 30.5 Å². The molecule has 1 unspecified atom stereocenters. The van der Waals surface area contributed by atoms with Gasteiger partial charge in [-0.25, -0.2) is 14.4 Å². The van der Waals surface area contributed by atoms with Crippen molar-refractivity contribution in [2.24, 2.45) is 0 Å². The smallest absolute Gasteiger partial charge is 0.132 e. The average Bonchev–Trinajstić information content (AvgIpc) is 3.35. The van der Waals surface area contributed by atoms with Gasteiger partial charge in [0.05, 0.1) is 40.6 Å². The minimum Gasteiger partial charge on any atom is -0.382 e. The second-order valence-electron chi connectivity index (χ2n) is 8.99. The van der Waals surface area contributed by atoms with Crippen molar-refractivity contribution in [3.8, 4) is 22.6 Å². The average molecular weight is 508 g/mol. The number of hydrogen-bond donors (Lipinski definition) is 3. The summed E-state index contributed by atoms with van der Waals surface area (Å²) < 4.78 is 14.5. The van der Waals surface area contributed by atoms with Crippen LogP contribution in [0, 0.1) is 5.82 Å². The molecule has 0 amide bonds. The number of carbonyl (C=O) groups is 1. The van der Waals surface area contributed by atoms with Crippen LogP contribution in [-0.2, 0) is 4.79 Å². The number of pyridine rings is 2. The number of aromatic amines is 1. The summed E-state index contributed by atoms with van der Waals surface area (Å²) in [6.07, 6.45) is 3.88. The van der Waals surface area contributed by atoms with E-state index in [1.807, 2.05) is 18.2 Å². The highest BCUT2D eigenvalue weighted by atomic mass is 35.5. The van der Waals surface area contributed by atoms with Crippen LogP contribution in [0.1, 0.15) is 13.3 Å². The number of ketones is 1. The quantitative estimate of drug-likeness (QED) is 0.329. The molecule has 1 aromatic carbocycles. The zero-order valence-corrected chi connectivity index (χ0v) is 20.6. The van der Waals surface area contributed by atoms with Gasteiger partial charge in [-0.1, -0.05) is 11.6 Å². The Bertz CT molecular complexity index is 1390. The van der Waals surface area contributed by atoms with Crippen LogP contribution in [0.15, 0.2) is 48.9 Å². The number of piperazine rings is 1. The number of carbonyl (C=O) groups excluding carboxylic acids is 1. The molecule has 5 rings (SSSR count). The molecule has 0 bridgehead atoms. The number of hydrogen-bond acceptors (Lipinski definition) is 7. The predicted molar refractivity (Wildman–Crippen MR) is 140 cm³/mol. The third-order valence-electron chi connectivity index (χ3n) is 6.25. The topological polar surface area (TPSA) is 98.8 Å². The van der Waals surface area contributed by atoms with Gasteiger partial charge in [-0.3, -0.25) is 14.7 Å². The molecule has 1 aliphatic rings. The van der Waals surface area contributed by atoms with Gasteiger partial charge >= 0.3 is 0 Å². The number of nitrogens with zero attached hydrogens (tertiary/aromatic N) is 4. The van der Waals surface area contributed by atoms with Gasteiger partial charge < -0.3 is 15.6 Å². The summed E-state index contributed by atoms with van der Waals surface area (Å²) in [6, 6.07) is 10.3. The van der Waals surface area contributed by atoms with E-state index >= 15 is 0 Å². The number of halogens is 2. The van der Waals surface area contributed by atoms with E-state index < -0.39 is 5.82 Å². The number of imidazole rings is 1. The van der Waals surface area contributed by atoms with Crippen molar-refractivity contribution in [3.05, 3.63) is 59.8 Å². The summed E-state index contributed by atoms with van der Waals surface area (Å²) in [7, 11) is 0. The first-order valence-corrected chi connectivity index (χ1v) is 12.3. The van der Waals surface area contributed by atoms with Gasteiger partial charge in [0.2, 0.25) is 0 Å². The van der Waals surface area contributed by atoms with Crippen LogP contribution >= 0.6 is 11.6 Å². The van der Waals surface area contributed by atoms with Crippen molar-refractivity contribution >= 4 is 34.1 Å². The number of aromatic nitrogens is 4. The van der Waals surface area contributed by atoms with Crippen molar-refractivity contribution in [2.45, 2.75) is 19.4 Å². The monoisotopic (exact) mass is 507 g/mol. The zero-order valence-electron chi connectivity index (χ0n) is 19.9. The minimum absolute atomic E-state index is 0.210. The Labute approximate surface area is 213 Å². The summed E-state index contributed by atoms with van der Waals surface area (Å²) >= 11 is 6.09. The lowest BCUT2D eigenvalue weighted by atomic mass is 10.1. The summed E-state index contributed by atoms with van der Waals surface area (Å²) in [5, 5.41) is 7.27. The number of H-pyrrole nitrogens is 1. The summed E-state index contributed by atoms with van der Waals surface area (Å²) in [6.45, 7) is 5.95. The summed E-state index contributed by atoms with van der Waals surface area (Å²) in [5.74, 6) is -0.194. The Balaban J connectivity index is 1.30. The number of rotatable bonds is 8. The fourth-order valence-electron chi connectivity index (χ4n) is 4.55. The molecule has 1 atom stereocenters. The number of Topliss-reactive ketones (excluding diaryl/α,β-unsaturated/α-hetero) is 1. The molecule has 36 heavy (non-hydrogen) atoms. The molecule has 0 spiro atoms. The van der Waals surface area contributed by atoms with Crippen LogP contribution in [0.5, 0.6) is 0 Å². The number of anilines is 1. The third kappa shape index (κ3) is 5.53. The van der Waals surface area contributed by atoms with Crippen molar-refractivity contribution in [1.29, 1.82) is 0 Å². The molecule has 3 N–H and O–H groups in total. The Morgan fingerprint density at radius 2 is 2.11 bits per heavy atom. The van der Waals surface area contributed by atoms with Gasteiger partial charge in [0.25, 0.3) is 0 Å². The van der Waals surface area contributed by atoms with E-state index in [9.17, 15) is 9.18 Å². The lowest BCUT2D eigenvalue weighted by Gasteiger charge is -2.33. The van der Waals surface area contributed by atoms with Crippen molar-refractivity contribution < 1.29 is 9.18 Å². The second kappa shape index (κ2) is 10.7. The standard InChI is InChI=1S/C26H27ClFN7O/c1-16(36)10-19-14-35(9-7-30-19)8-6-29-18-12-24-22(31-13-18)4-5-23(34-24)26-25(32-15-33-26)20-11-17(27)2-3-21(20)28/h2-5,11-13,15,19,29-30H,6-10,14H2,1H3,(H,32,33). The Morgan fingerprint density at radius 3 is 2.97 bits per heavy atom. The van der Waals surface area contributed by atoms with Gasteiger partial charge in [0.1, 0.15) is 17.3 Å². The zero-order chi connectivity index (χ0) is 25.1. The Hall–Kier alpha value is -3.40.